The fourth-order valence-corrected chi connectivity index (χ4v) is 2.28. The van der Waals surface area contributed by atoms with Crippen LogP contribution in [0.3, 0.4) is 0 Å². The maximum atomic E-state index is 4.52. The van der Waals surface area contributed by atoms with Gasteiger partial charge in [-0.3, -0.25) is 0 Å². The Morgan fingerprint density at radius 2 is 2.11 bits per heavy atom. The summed E-state index contributed by atoms with van der Waals surface area (Å²) in [5.74, 6) is 1.55. The lowest BCUT2D eigenvalue weighted by Crippen LogP contribution is -2.05. The van der Waals surface area contributed by atoms with Crippen LogP contribution in [0.2, 0.25) is 0 Å². The molecule has 0 saturated carbocycles. The van der Waals surface area contributed by atoms with E-state index in [1.165, 1.54) is 11.8 Å². The first-order valence-corrected chi connectivity index (χ1v) is 7.04. The summed E-state index contributed by atoms with van der Waals surface area (Å²) in [4.78, 5) is 8.78. The minimum absolute atomic E-state index is 0.661. The molecule has 1 N–H and O–H groups in total. The van der Waals surface area contributed by atoms with Crippen LogP contribution in [0.15, 0.2) is 16.4 Å². The molecule has 0 aliphatic carbocycles. The second-order valence-corrected chi connectivity index (χ2v) is 5.26. The summed E-state index contributed by atoms with van der Waals surface area (Å²) in [5.41, 5.74) is 1.03. The molecule has 0 radical (unpaired) electrons. The predicted molar refractivity (Wildman–Crippen MR) is 75.4 cm³/mol. The SMILES string of the molecule is CCCNc1ncc(C)c(Sc2nnc(C)n2C)n1. The smallest absolute Gasteiger partial charge is 0.223 e. The van der Waals surface area contributed by atoms with E-state index in [2.05, 4.69) is 32.4 Å². The predicted octanol–water partition coefficient (Wildman–Crippen LogP) is 2.20. The van der Waals surface area contributed by atoms with Crippen LogP contribution in [0, 0.1) is 13.8 Å². The lowest BCUT2D eigenvalue weighted by atomic mass is 10.4. The minimum Gasteiger partial charge on any atom is -0.354 e. The van der Waals surface area contributed by atoms with Crippen molar-refractivity contribution in [3.05, 3.63) is 17.6 Å². The Hall–Kier alpha value is -1.63. The fraction of sp³-hybridized carbons (Fsp3) is 0.500. The largest absolute Gasteiger partial charge is 0.354 e. The van der Waals surface area contributed by atoms with Crippen LogP contribution >= 0.6 is 11.8 Å². The molecule has 2 aromatic heterocycles. The Labute approximate surface area is 117 Å². The van der Waals surface area contributed by atoms with Crippen molar-refractivity contribution in [2.45, 2.75) is 37.4 Å². The van der Waals surface area contributed by atoms with Gasteiger partial charge in [0.1, 0.15) is 10.9 Å². The van der Waals surface area contributed by atoms with Gasteiger partial charge >= 0.3 is 0 Å². The van der Waals surface area contributed by atoms with Crippen LogP contribution in [-0.4, -0.2) is 31.3 Å². The number of rotatable bonds is 5. The Kier molecular flexibility index (Phi) is 4.36. The van der Waals surface area contributed by atoms with Crippen LogP contribution < -0.4 is 5.32 Å². The standard InChI is InChI=1S/C12H18N6S/c1-5-6-13-11-14-7-8(2)10(15-11)19-12-17-16-9(3)18(12)4/h7H,5-6H2,1-4H3,(H,13,14,15). The highest BCUT2D eigenvalue weighted by Gasteiger charge is 2.11. The minimum atomic E-state index is 0.661. The van der Waals surface area contributed by atoms with Crippen LogP contribution in [-0.2, 0) is 7.05 Å². The van der Waals surface area contributed by atoms with Crippen molar-refractivity contribution in [3.63, 3.8) is 0 Å². The second kappa shape index (κ2) is 6.01. The van der Waals surface area contributed by atoms with Gasteiger partial charge in [-0.05, 0) is 32.0 Å². The van der Waals surface area contributed by atoms with E-state index in [4.69, 9.17) is 0 Å². The summed E-state index contributed by atoms with van der Waals surface area (Å²) >= 11 is 1.51. The molecule has 102 valence electrons. The van der Waals surface area contributed by atoms with Gasteiger partial charge in [0, 0.05) is 25.4 Å². The zero-order chi connectivity index (χ0) is 13.8. The monoisotopic (exact) mass is 278 g/mol. The van der Waals surface area contributed by atoms with Gasteiger partial charge in [-0.1, -0.05) is 6.92 Å². The van der Waals surface area contributed by atoms with Crippen molar-refractivity contribution in [1.29, 1.82) is 0 Å². The summed E-state index contributed by atoms with van der Waals surface area (Å²) < 4.78 is 1.95. The first-order valence-electron chi connectivity index (χ1n) is 6.23. The summed E-state index contributed by atoms with van der Waals surface area (Å²) in [5, 5.41) is 13.1. The average Bonchev–Trinajstić information content (AvgIpc) is 2.71. The lowest BCUT2D eigenvalue weighted by Gasteiger charge is -2.07. The molecule has 2 aromatic rings. The molecule has 0 spiro atoms. The van der Waals surface area contributed by atoms with Gasteiger partial charge in [-0.2, -0.15) is 0 Å². The normalized spacial score (nSPS) is 10.7. The summed E-state index contributed by atoms with van der Waals surface area (Å²) in [6.45, 7) is 6.91. The number of nitrogens with one attached hydrogen (secondary N) is 1. The number of aromatic nitrogens is 5. The first-order chi connectivity index (χ1) is 9.11. The molecule has 6 nitrogen and oxygen atoms in total. The van der Waals surface area contributed by atoms with E-state index < -0.39 is 0 Å². The Morgan fingerprint density at radius 3 is 2.74 bits per heavy atom. The third-order valence-corrected chi connectivity index (χ3v) is 3.84. The number of hydrogen-bond acceptors (Lipinski definition) is 6. The van der Waals surface area contributed by atoms with Crippen molar-refractivity contribution in [2.24, 2.45) is 7.05 Å². The van der Waals surface area contributed by atoms with E-state index in [1.807, 2.05) is 31.7 Å². The van der Waals surface area contributed by atoms with E-state index in [0.29, 0.717) is 5.95 Å². The van der Waals surface area contributed by atoms with Crippen LogP contribution in [0.5, 0.6) is 0 Å². The highest BCUT2D eigenvalue weighted by atomic mass is 32.2. The van der Waals surface area contributed by atoms with Crippen LogP contribution in [0.4, 0.5) is 5.95 Å². The fourth-order valence-electron chi connectivity index (χ4n) is 1.41. The molecule has 0 aliphatic rings. The van der Waals surface area contributed by atoms with Gasteiger partial charge < -0.3 is 9.88 Å². The molecule has 0 aromatic carbocycles. The van der Waals surface area contributed by atoms with E-state index in [-0.39, 0.29) is 0 Å². The molecule has 2 rings (SSSR count). The third-order valence-electron chi connectivity index (χ3n) is 2.70. The number of nitrogens with zero attached hydrogens (tertiary/aromatic N) is 5. The Morgan fingerprint density at radius 1 is 1.32 bits per heavy atom. The first kappa shape index (κ1) is 13.8. The number of anilines is 1. The van der Waals surface area contributed by atoms with Gasteiger partial charge in [0.15, 0.2) is 5.16 Å². The van der Waals surface area contributed by atoms with Crippen molar-refractivity contribution < 1.29 is 0 Å². The average molecular weight is 278 g/mol. The molecule has 2 heterocycles. The van der Waals surface area contributed by atoms with E-state index in [1.54, 1.807) is 0 Å². The molecule has 0 saturated heterocycles. The lowest BCUT2D eigenvalue weighted by molar-refractivity contribution is 0.763. The molecule has 19 heavy (non-hydrogen) atoms. The zero-order valence-electron chi connectivity index (χ0n) is 11.6. The van der Waals surface area contributed by atoms with E-state index in [9.17, 15) is 0 Å². The number of aryl methyl sites for hydroxylation is 2. The van der Waals surface area contributed by atoms with Crippen LogP contribution in [0.25, 0.3) is 0 Å². The highest BCUT2D eigenvalue weighted by Crippen LogP contribution is 2.27. The van der Waals surface area contributed by atoms with Crippen molar-refractivity contribution in [1.82, 2.24) is 24.7 Å². The Balaban J connectivity index is 2.21. The van der Waals surface area contributed by atoms with Crippen LogP contribution in [0.1, 0.15) is 24.7 Å². The summed E-state index contributed by atoms with van der Waals surface area (Å²) in [6, 6.07) is 0. The Bertz CT molecular complexity index is 565. The molecule has 0 fully saturated rings. The highest BCUT2D eigenvalue weighted by molar-refractivity contribution is 7.99. The van der Waals surface area contributed by atoms with Crippen molar-refractivity contribution in [3.8, 4) is 0 Å². The number of hydrogen-bond donors (Lipinski definition) is 1. The van der Waals surface area contributed by atoms with Gasteiger partial charge in [0.25, 0.3) is 0 Å². The van der Waals surface area contributed by atoms with Gasteiger partial charge in [-0.15, -0.1) is 10.2 Å². The second-order valence-electron chi connectivity index (χ2n) is 4.30. The summed E-state index contributed by atoms with van der Waals surface area (Å²) in [6.07, 6.45) is 2.87. The topological polar surface area (TPSA) is 68.5 Å². The van der Waals surface area contributed by atoms with E-state index >= 15 is 0 Å². The zero-order valence-corrected chi connectivity index (χ0v) is 12.5. The quantitative estimate of drug-likeness (QED) is 0.846. The molecule has 7 heteroatoms. The molecular weight excluding hydrogens is 260 g/mol. The van der Waals surface area contributed by atoms with E-state index in [0.717, 1.165) is 34.5 Å². The molecule has 0 aliphatic heterocycles. The summed E-state index contributed by atoms with van der Waals surface area (Å²) in [7, 11) is 1.95. The van der Waals surface area contributed by atoms with Gasteiger partial charge in [0.2, 0.25) is 5.95 Å². The molecule has 0 unspecified atom stereocenters. The maximum absolute atomic E-state index is 4.52. The molecule has 0 amide bonds. The molecular formula is C12H18N6S. The maximum Gasteiger partial charge on any atom is 0.223 e. The van der Waals surface area contributed by atoms with Crippen molar-refractivity contribution in [2.75, 3.05) is 11.9 Å². The van der Waals surface area contributed by atoms with Gasteiger partial charge in [-0.25, -0.2) is 9.97 Å². The van der Waals surface area contributed by atoms with Gasteiger partial charge in [0.05, 0.1) is 0 Å². The molecule has 0 atom stereocenters. The molecule has 0 bridgehead atoms. The van der Waals surface area contributed by atoms with Crippen molar-refractivity contribution >= 4 is 17.7 Å². The third kappa shape index (κ3) is 3.23.